The smallest absolute Gasteiger partial charge is 0.421 e. The van der Waals surface area contributed by atoms with Crippen molar-refractivity contribution in [1.82, 2.24) is 4.90 Å². The van der Waals surface area contributed by atoms with Crippen LogP contribution in [0.25, 0.3) is 0 Å². The van der Waals surface area contributed by atoms with Crippen LogP contribution in [0.4, 0.5) is 10.5 Å². The highest BCUT2D eigenvalue weighted by molar-refractivity contribution is 6.23. The van der Waals surface area contributed by atoms with Gasteiger partial charge in [0.1, 0.15) is 36.5 Å². The van der Waals surface area contributed by atoms with Gasteiger partial charge in [-0.3, -0.25) is 19.3 Å². The van der Waals surface area contributed by atoms with Crippen LogP contribution in [0.3, 0.4) is 0 Å². The van der Waals surface area contributed by atoms with E-state index < -0.39 is 59.4 Å². The van der Waals surface area contributed by atoms with Crippen molar-refractivity contribution >= 4 is 29.6 Å². The van der Waals surface area contributed by atoms with Crippen molar-refractivity contribution in [1.29, 1.82) is 0 Å². The maximum Gasteiger partial charge on any atom is 0.421 e. The highest BCUT2D eigenvalue weighted by atomic mass is 16.6. The molecule has 302 valence electrons. The summed E-state index contributed by atoms with van der Waals surface area (Å²) in [7, 11) is 1.46. The summed E-state index contributed by atoms with van der Waals surface area (Å²) < 4.78 is 23.3. The number of primary amides is 1. The number of imide groups is 1. The Bertz CT molecular complexity index is 2340. The van der Waals surface area contributed by atoms with Crippen molar-refractivity contribution in [3.8, 4) is 17.6 Å². The number of anilines is 1. The van der Waals surface area contributed by atoms with E-state index >= 15 is 4.79 Å². The maximum atomic E-state index is 15.9. The second-order valence-electron chi connectivity index (χ2n) is 15.0. The van der Waals surface area contributed by atoms with Crippen LogP contribution in [0.1, 0.15) is 71.7 Å². The highest BCUT2D eigenvalue weighted by Crippen LogP contribution is 2.66. The number of methoxy groups -OCH3 is 1. The van der Waals surface area contributed by atoms with E-state index in [1.807, 2.05) is 65.6 Å². The van der Waals surface area contributed by atoms with Crippen LogP contribution in [0.5, 0.6) is 5.75 Å². The Hall–Kier alpha value is -6.26. The average Bonchev–Trinajstić information content (AvgIpc) is 3.72. The molecule has 3 N–H and O–H groups in total. The molecular formula is C47H45N3O9. The molecule has 8 rings (SSSR count). The van der Waals surface area contributed by atoms with Gasteiger partial charge in [-0.1, -0.05) is 96.8 Å². The summed E-state index contributed by atoms with van der Waals surface area (Å²) in [5.74, 6) is 2.75. The van der Waals surface area contributed by atoms with Gasteiger partial charge in [-0.2, -0.15) is 0 Å². The molecule has 3 aliphatic heterocycles. The SMILES string of the molecule is COCCOC(=O)N1C(=O)[C@@]2(c3cc(C#CC4=CCCCC4)ccc31)[C@H](C(N)=O)[C@H]1C(=O)O[C@H](c3ccccc3)[C@H](c3ccccc3)N1[C@@H]2c1ccccc1OCCO. The van der Waals surface area contributed by atoms with Crippen molar-refractivity contribution < 1.29 is 43.2 Å². The predicted molar refractivity (Wildman–Crippen MR) is 217 cm³/mol. The topological polar surface area (TPSA) is 158 Å². The number of benzene rings is 4. The van der Waals surface area contributed by atoms with E-state index in [9.17, 15) is 19.5 Å². The number of ether oxygens (including phenoxy) is 4. The molecular weight excluding hydrogens is 751 g/mol. The molecule has 0 unspecified atom stereocenters. The number of fused-ring (bicyclic) bond motifs is 3. The number of para-hydroxylation sites is 1. The lowest BCUT2D eigenvalue weighted by molar-refractivity contribution is -0.178. The molecule has 0 bridgehead atoms. The lowest BCUT2D eigenvalue weighted by Crippen LogP contribution is -2.55. The minimum atomic E-state index is -2.05. The average molecular weight is 796 g/mol. The van der Waals surface area contributed by atoms with Crippen LogP contribution in [-0.2, 0) is 34.0 Å². The van der Waals surface area contributed by atoms with Gasteiger partial charge in [0.15, 0.2) is 0 Å². The van der Waals surface area contributed by atoms with E-state index in [0.29, 0.717) is 22.4 Å². The third-order valence-corrected chi connectivity index (χ3v) is 11.7. The van der Waals surface area contributed by atoms with Crippen LogP contribution >= 0.6 is 0 Å². The fraction of sp³-hybridized carbons (Fsp3) is 0.319. The van der Waals surface area contributed by atoms with E-state index in [1.54, 1.807) is 42.5 Å². The number of aliphatic hydroxyl groups is 1. The lowest BCUT2D eigenvalue weighted by atomic mass is 9.65. The largest absolute Gasteiger partial charge is 0.491 e. The third-order valence-electron chi connectivity index (χ3n) is 11.7. The fourth-order valence-electron chi connectivity index (χ4n) is 9.34. The van der Waals surface area contributed by atoms with Gasteiger partial charge in [-0.15, -0.1) is 0 Å². The molecule has 3 heterocycles. The summed E-state index contributed by atoms with van der Waals surface area (Å²) in [5.41, 5.74) is 8.23. The summed E-state index contributed by atoms with van der Waals surface area (Å²) in [6.45, 7) is -0.485. The Kier molecular flexibility index (Phi) is 11.3. The van der Waals surface area contributed by atoms with Crippen molar-refractivity contribution in [3.63, 3.8) is 0 Å². The minimum absolute atomic E-state index is 0.0690. The van der Waals surface area contributed by atoms with Crippen molar-refractivity contribution in [2.75, 3.05) is 38.4 Å². The summed E-state index contributed by atoms with van der Waals surface area (Å²) in [4.78, 5) is 62.2. The molecule has 0 aromatic heterocycles. The van der Waals surface area contributed by atoms with E-state index in [1.165, 1.54) is 7.11 Å². The van der Waals surface area contributed by atoms with Gasteiger partial charge in [-0.25, -0.2) is 9.69 Å². The van der Waals surface area contributed by atoms with Gasteiger partial charge >= 0.3 is 12.1 Å². The summed E-state index contributed by atoms with van der Waals surface area (Å²) >= 11 is 0. The van der Waals surface area contributed by atoms with Gasteiger partial charge in [0, 0.05) is 18.2 Å². The summed E-state index contributed by atoms with van der Waals surface area (Å²) in [6, 6.07) is 27.4. The highest BCUT2D eigenvalue weighted by Gasteiger charge is 2.75. The van der Waals surface area contributed by atoms with Crippen molar-refractivity contribution in [3.05, 3.63) is 143 Å². The second kappa shape index (κ2) is 16.9. The molecule has 12 nitrogen and oxygen atoms in total. The van der Waals surface area contributed by atoms with Crippen molar-refractivity contribution in [2.24, 2.45) is 11.7 Å². The quantitative estimate of drug-likeness (QED) is 0.114. The molecule has 2 fully saturated rings. The first kappa shape index (κ1) is 39.6. The number of carbonyl (C=O) groups is 4. The summed E-state index contributed by atoms with van der Waals surface area (Å²) in [5, 5.41) is 9.91. The number of morpholine rings is 1. The molecule has 1 spiro atoms. The zero-order valence-electron chi connectivity index (χ0n) is 32.6. The number of aliphatic hydroxyl groups excluding tert-OH is 1. The number of hydrogen-bond donors (Lipinski definition) is 2. The normalized spacial score (nSPS) is 24.7. The van der Waals surface area contributed by atoms with Gasteiger partial charge in [0.25, 0.3) is 0 Å². The Morgan fingerprint density at radius 1 is 0.881 bits per heavy atom. The molecule has 4 aromatic carbocycles. The zero-order valence-corrected chi connectivity index (χ0v) is 32.6. The molecule has 3 amide bonds. The number of hydrogen-bond acceptors (Lipinski definition) is 10. The van der Waals surface area contributed by atoms with Crippen LogP contribution < -0.4 is 15.4 Å². The van der Waals surface area contributed by atoms with Crippen LogP contribution in [0, 0.1) is 17.8 Å². The minimum Gasteiger partial charge on any atom is -0.491 e. The Morgan fingerprint density at radius 2 is 1.61 bits per heavy atom. The lowest BCUT2D eigenvalue weighted by Gasteiger charge is -2.46. The van der Waals surface area contributed by atoms with E-state index in [2.05, 4.69) is 17.9 Å². The van der Waals surface area contributed by atoms with Crippen LogP contribution in [0.2, 0.25) is 0 Å². The van der Waals surface area contributed by atoms with E-state index in [-0.39, 0.29) is 37.7 Å². The first-order valence-corrected chi connectivity index (χ1v) is 19.9. The van der Waals surface area contributed by atoms with Gasteiger partial charge in [-0.05, 0) is 72.2 Å². The van der Waals surface area contributed by atoms with E-state index in [4.69, 9.17) is 24.7 Å². The standard InChI is InChI=1S/C47H45N3O9/c1-56-27-28-58-46(55)49-36-24-23-31(22-21-30-13-5-2-6-14-30)29-35(36)47(45(49)54)38(43(48)52)40-44(53)59-41(33-17-9-4-10-18-33)39(32-15-7-3-8-16-32)50(40)42(47)34-19-11-12-20-37(34)57-26-25-51/h3-4,7-13,15-20,23-24,29,38-42,51H,2,5-6,14,25-28H2,1H3,(H2,48,52)/t38-,39-,40-,41+,42+,47-/m0/s1. The molecule has 0 saturated carbocycles. The number of allylic oxidation sites excluding steroid dienone is 2. The molecule has 4 aromatic rings. The van der Waals surface area contributed by atoms with E-state index in [0.717, 1.165) is 41.7 Å². The number of nitrogens with zero attached hydrogens (tertiary/aromatic N) is 2. The first-order valence-electron chi connectivity index (χ1n) is 19.9. The summed E-state index contributed by atoms with van der Waals surface area (Å²) in [6.07, 6.45) is 4.14. The number of cyclic esters (lactones) is 1. The molecule has 6 atom stereocenters. The fourth-order valence-corrected chi connectivity index (χ4v) is 9.34. The van der Waals surface area contributed by atoms with Crippen LogP contribution in [-0.4, -0.2) is 73.5 Å². The molecule has 12 heteroatoms. The number of esters is 1. The van der Waals surface area contributed by atoms with Gasteiger partial charge in [0.2, 0.25) is 11.8 Å². The second-order valence-corrected chi connectivity index (χ2v) is 15.0. The first-order chi connectivity index (χ1) is 28.8. The van der Waals surface area contributed by atoms with Gasteiger partial charge < -0.3 is 29.8 Å². The third kappa shape index (κ3) is 6.95. The molecule has 2 saturated heterocycles. The molecule has 4 aliphatic rings. The Labute approximate surface area is 342 Å². The van der Waals surface area contributed by atoms with Gasteiger partial charge in [0.05, 0.1) is 36.9 Å². The Morgan fingerprint density at radius 3 is 2.31 bits per heavy atom. The number of carbonyl (C=O) groups excluding carboxylic acids is 4. The maximum absolute atomic E-state index is 15.9. The predicted octanol–water partition coefficient (Wildman–Crippen LogP) is 5.84. The molecule has 1 aliphatic carbocycles. The van der Waals surface area contributed by atoms with Crippen LogP contribution in [0.15, 0.2) is 115 Å². The number of amides is 3. The molecule has 59 heavy (non-hydrogen) atoms. The number of rotatable bonds is 10. The monoisotopic (exact) mass is 795 g/mol. The Balaban J connectivity index is 1.45. The zero-order chi connectivity index (χ0) is 41.1. The molecule has 0 radical (unpaired) electrons. The number of nitrogens with two attached hydrogens (primary N) is 1. The van der Waals surface area contributed by atoms with Crippen molar-refractivity contribution in [2.45, 2.75) is 55.3 Å².